The number of halogens is 1. The van der Waals surface area contributed by atoms with Crippen molar-refractivity contribution in [3.8, 4) is 5.75 Å². The Morgan fingerprint density at radius 1 is 1.16 bits per heavy atom. The van der Waals surface area contributed by atoms with Crippen molar-refractivity contribution in [2.45, 2.75) is 51.4 Å². The second-order valence-electron chi connectivity index (χ2n) is 8.55. The fraction of sp³-hybridized carbons (Fsp3) is 0.423. The summed E-state index contributed by atoms with van der Waals surface area (Å²) in [5.41, 5.74) is 2.17. The lowest BCUT2D eigenvalue weighted by Gasteiger charge is -2.32. The molecule has 170 valence electrons. The molecule has 1 aliphatic rings. The molecule has 4 rings (SSSR count). The number of carbonyl (C=O) groups excluding carboxylic acids is 1. The van der Waals surface area contributed by atoms with Crippen LogP contribution in [-0.4, -0.2) is 30.6 Å². The molecule has 1 amide bonds. The monoisotopic (exact) mass is 470 g/mol. The van der Waals surface area contributed by atoms with Gasteiger partial charge in [-0.15, -0.1) is 11.3 Å². The van der Waals surface area contributed by atoms with Crippen LogP contribution in [0.3, 0.4) is 0 Å². The standard InChI is InChI=1S/C26H31ClN2O2S/c1-2-3-4-5-13-29-14-11-19(12-15-29)24-18-32-25-10-9-21(17-23(24)25)28-26(30)31-22-8-6-7-20(27)16-22/h6-10,16-19H,2-5,11-15H2,1H3,(H,28,30). The van der Waals surface area contributed by atoms with Gasteiger partial charge in [0.05, 0.1) is 0 Å². The van der Waals surface area contributed by atoms with Gasteiger partial charge in [-0.1, -0.05) is 43.9 Å². The fourth-order valence-electron chi connectivity index (χ4n) is 4.45. The van der Waals surface area contributed by atoms with E-state index in [1.54, 1.807) is 35.6 Å². The molecule has 2 heterocycles. The van der Waals surface area contributed by atoms with Gasteiger partial charge in [0.1, 0.15) is 5.75 Å². The molecule has 3 aromatic rings. The van der Waals surface area contributed by atoms with Gasteiger partial charge in [0.15, 0.2) is 0 Å². The molecule has 32 heavy (non-hydrogen) atoms. The second kappa shape index (κ2) is 11.2. The maximum atomic E-state index is 12.3. The maximum Gasteiger partial charge on any atom is 0.417 e. The number of hydrogen-bond acceptors (Lipinski definition) is 4. The molecule has 1 N–H and O–H groups in total. The van der Waals surface area contributed by atoms with Crippen LogP contribution >= 0.6 is 22.9 Å². The third-order valence-electron chi connectivity index (χ3n) is 6.21. The van der Waals surface area contributed by atoms with Crippen molar-refractivity contribution in [2.75, 3.05) is 25.0 Å². The molecule has 0 unspecified atom stereocenters. The zero-order chi connectivity index (χ0) is 22.3. The molecule has 1 saturated heterocycles. The topological polar surface area (TPSA) is 41.6 Å². The summed E-state index contributed by atoms with van der Waals surface area (Å²) >= 11 is 7.75. The fourth-order valence-corrected chi connectivity index (χ4v) is 5.66. The third-order valence-corrected chi connectivity index (χ3v) is 7.43. The first-order chi connectivity index (χ1) is 15.6. The van der Waals surface area contributed by atoms with Crippen molar-refractivity contribution in [3.05, 3.63) is 58.4 Å². The van der Waals surface area contributed by atoms with Gasteiger partial charge < -0.3 is 9.64 Å². The van der Waals surface area contributed by atoms with Crippen LogP contribution in [0.5, 0.6) is 5.75 Å². The summed E-state index contributed by atoms with van der Waals surface area (Å²) in [7, 11) is 0. The molecule has 2 aromatic carbocycles. The number of thiophene rings is 1. The molecule has 4 nitrogen and oxygen atoms in total. The summed E-state index contributed by atoms with van der Waals surface area (Å²) in [5.74, 6) is 1.01. The highest BCUT2D eigenvalue weighted by Crippen LogP contribution is 2.38. The molecule has 0 aliphatic carbocycles. The van der Waals surface area contributed by atoms with Crippen molar-refractivity contribution < 1.29 is 9.53 Å². The normalized spacial score (nSPS) is 15.2. The van der Waals surface area contributed by atoms with E-state index in [0.29, 0.717) is 16.7 Å². The highest BCUT2D eigenvalue weighted by molar-refractivity contribution is 7.17. The Labute approximate surface area is 199 Å². The minimum absolute atomic E-state index is 0.425. The first kappa shape index (κ1) is 23.1. The highest BCUT2D eigenvalue weighted by atomic mass is 35.5. The van der Waals surface area contributed by atoms with E-state index in [9.17, 15) is 4.79 Å². The van der Waals surface area contributed by atoms with Crippen LogP contribution in [0.4, 0.5) is 10.5 Å². The number of nitrogens with one attached hydrogen (secondary N) is 1. The van der Waals surface area contributed by atoms with Gasteiger partial charge in [-0.05, 0) is 97.5 Å². The molecular weight excluding hydrogens is 440 g/mol. The van der Waals surface area contributed by atoms with E-state index in [1.807, 2.05) is 6.07 Å². The summed E-state index contributed by atoms with van der Waals surface area (Å²) in [5, 5.41) is 6.94. The van der Waals surface area contributed by atoms with E-state index >= 15 is 0 Å². The van der Waals surface area contributed by atoms with Crippen LogP contribution in [0.15, 0.2) is 47.8 Å². The van der Waals surface area contributed by atoms with Crippen molar-refractivity contribution in [2.24, 2.45) is 0 Å². The lowest BCUT2D eigenvalue weighted by atomic mass is 9.89. The molecule has 1 aliphatic heterocycles. The Bertz CT molecular complexity index is 1040. The predicted octanol–water partition coefficient (Wildman–Crippen LogP) is 7.93. The number of benzene rings is 2. The Hall–Kier alpha value is -2.08. The van der Waals surface area contributed by atoms with Gasteiger partial charge in [-0.2, -0.15) is 0 Å². The van der Waals surface area contributed by atoms with Crippen LogP contribution in [0.1, 0.15) is 56.9 Å². The van der Waals surface area contributed by atoms with Gasteiger partial charge in [0.2, 0.25) is 0 Å². The van der Waals surface area contributed by atoms with E-state index < -0.39 is 6.09 Å². The number of piperidine rings is 1. The Balaban J connectivity index is 1.37. The molecular formula is C26H31ClN2O2S. The van der Waals surface area contributed by atoms with Crippen LogP contribution in [0.25, 0.3) is 10.1 Å². The van der Waals surface area contributed by atoms with E-state index in [2.05, 4.69) is 34.7 Å². The quantitative estimate of drug-likeness (QED) is 0.340. The van der Waals surface area contributed by atoms with Crippen molar-refractivity contribution >= 4 is 44.8 Å². The van der Waals surface area contributed by atoms with Crippen LogP contribution in [0, 0.1) is 0 Å². The van der Waals surface area contributed by atoms with E-state index in [-0.39, 0.29) is 0 Å². The number of unbranched alkanes of at least 4 members (excludes halogenated alkanes) is 3. The Kier molecular flexibility index (Phi) is 8.06. The van der Waals surface area contributed by atoms with Crippen LogP contribution in [0.2, 0.25) is 5.02 Å². The lowest BCUT2D eigenvalue weighted by molar-refractivity contribution is 0.209. The number of likely N-dealkylation sites (tertiary alicyclic amines) is 1. The van der Waals surface area contributed by atoms with E-state index in [1.165, 1.54) is 73.8 Å². The molecule has 1 aromatic heterocycles. The van der Waals surface area contributed by atoms with Crippen LogP contribution in [-0.2, 0) is 0 Å². The van der Waals surface area contributed by atoms with Gasteiger partial charge in [0.25, 0.3) is 0 Å². The van der Waals surface area contributed by atoms with Gasteiger partial charge in [-0.25, -0.2) is 4.79 Å². The molecule has 0 bridgehead atoms. The molecule has 0 spiro atoms. The summed E-state index contributed by atoms with van der Waals surface area (Å²) < 4.78 is 6.62. The number of amides is 1. The summed E-state index contributed by atoms with van der Waals surface area (Å²) in [6.07, 6.45) is 7.20. The summed E-state index contributed by atoms with van der Waals surface area (Å²) in [6.45, 7) is 5.86. The van der Waals surface area contributed by atoms with Crippen LogP contribution < -0.4 is 10.1 Å². The number of hydrogen-bond donors (Lipinski definition) is 1. The molecule has 1 fully saturated rings. The average molecular weight is 471 g/mol. The van der Waals surface area contributed by atoms with Crippen molar-refractivity contribution in [3.63, 3.8) is 0 Å². The van der Waals surface area contributed by atoms with Crippen molar-refractivity contribution in [1.82, 2.24) is 4.90 Å². The Morgan fingerprint density at radius 2 is 2.00 bits per heavy atom. The predicted molar refractivity (Wildman–Crippen MR) is 135 cm³/mol. The van der Waals surface area contributed by atoms with Crippen molar-refractivity contribution in [1.29, 1.82) is 0 Å². The highest BCUT2D eigenvalue weighted by Gasteiger charge is 2.23. The number of rotatable bonds is 8. The largest absolute Gasteiger partial charge is 0.417 e. The number of anilines is 1. The summed E-state index contributed by atoms with van der Waals surface area (Å²) in [6, 6.07) is 12.9. The van der Waals surface area contributed by atoms with Gasteiger partial charge >= 0.3 is 6.09 Å². The summed E-state index contributed by atoms with van der Waals surface area (Å²) in [4.78, 5) is 15.0. The third kappa shape index (κ3) is 6.03. The van der Waals surface area contributed by atoms with Gasteiger partial charge in [0, 0.05) is 15.4 Å². The van der Waals surface area contributed by atoms with Gasteiger partial charge in [-0.3, -0.25) is 5.32 Å². The van der Waals surface area contributed by atoms with E-state index in [0.717, 1.165) is 5.69 Å². The zero-order valence-electron chi connectivity index (χ0n) is 18.6. The van der Waals surface area contributed by atoms with E-state index in [4.69, 9.17) is 16.3 Å². The first-order valence-corrected chi connectivity index (χ1v) is 12.9. The minimum atomic E-state index is -0.514. The lowest BCUT2D eigenvalue weighted by Crippen LogP contribution is -2.33. The molecule has 0 radical (unpaired) electrons. The SMILES string of the molecule is CCCCCCN1CCC(c2csc3ccc(NC(=O)Oc4cccc(Cl)c4)cc23)CC1. The second-order valence-corrected chi connectivity index (χ2v) is 9.90. The number of carbonyl (C=O) groups is 1. The number of ether oxygens (including phenoxy) is 1. The molecule has 0 saturated carbocycles. The average Bonchev–Trinajstić information content (AvgIpc) is 3.20. The smallest absolute Gasteiger partial charge is 0.410 e. The first-order valence-electron chi connectivity index (χ1n) is 11.6. The number of fused-ring (bicyclic) bond motifs is 1. The Morgan fingerprint density at radius 3 is 2.78 bits per heavy atom. The maximum absolute atomic E-state index is 12.3. The molecule has 6 heteroatoms. The zero-order valence-corrected chi connectivity index (χ0v) is 20.2. The minimum Gasteiger partial charge on any atom is -0.410 e. The number of nitrogens with zero attached hydrogens (tertiary/aromatic N) is 1. The molecule has 0 atom stereocenters.